The van der Waals surface area contributed by atoms with Crippen LogP contribution in [0, 0.1) is 11.8 Å². The van der Waals surface area contributed by atoms with Gasteiger partial charge in [-0.25, -0.2) is 0 Å². The lowest BCUT2D eigenvalue weighted by Gasteiger charge is -2.13. The van der Waals surface area contributed by atoms with Crippen molar-refractivity contribution in [3.63, 3.8) is 0 Å². The van der Waals surface area contributed by atoms with E-state index in [-0.39, 0.29) is 25.2 Å². The van der Waals surface area contributed by atoms with E-state index < -0.39 is 23.8 Å². The zero-order chi connectivity index (χ0) is 12.8. The Morgan fingerprint density at radius 1 is 1.41 bits per heavy atom. The number of hydrogen-bond donors (Lipinski definition) is 1. The molecular formula is C12H18O5. The smallest absolute Gasteiger partial charge is 0.317 e. The van der Waals surface area contributed by atoms with E-state index in [1.807, 2.05) is 6.92 Å². The standard InChI is InChI=1S/C12H18O5/c1-2-3-4-7-17-12(16)10-8(11(14)15)5-6-9(10)13/h8,10H,2-7H2,1H3,(H,14,15)/t8-,10+/m1/s1. The molecule has 2 atom stereocenters. The van der Waals surface area contributed by atoms with Crippen molar-refractivity contribution in [1.82, 2.24) is 0 Å². The summed E-state index contributed by atoms with van der Waals surface area (Å²) >= 11 is 0. The predicted octanol–water partition coefficient (Wildman–Crippen LogP) is 1.40. The maximum absolute atomic E-state index is 11.6. The number of rotatable bonds is 6. The summed E-state index contributed by atoms with van der Waals surface area (Å²) < 4.78 is 4.96. The topological polar surface area (TPSA) is 80.7 Å². The fraction of sp³-hybridized carbons (Fsp3) is 0.750. The van der Waals surface area contributed by atoms with Gasteiger partial charge in [0.1, 0.15) is 11.7 Å². The molecule has 0 saturated heterocycles. The van der Waals surface area contributed by atoms with Gasteiger partial charge in [0.05, 0.1) is 12.5 Å². The van der Waals surface area contributed by atoms with Crippen LogP contribution in [-0.4, -0.2) is 29.4 Å². The van der Waals surface area contributed by atoms with Crippen LogP contribution in [-0.2, 0) is 19.1 Å². The van der Waals surface area contributed by atoms with Gasteiger partial charge in [0.2, 0.25) is 0 Å². The van der Waals surface area contributed by atoms with Crippen molar-refractivity contribution in [2.45, 2.75) is 39.0 Å². The van der Waals surface area contributed by atoms with Crippen LogP contribution in [0.25, 0.3) is 0 Å². The molecule has 1 fully saturated rings. The number of Topliss-reactive ketones (excluding diaryl/α,β-unsaturated/α-hetero) is 1. The van der Waals surface area contributed by atoms with E-state index in [1.54, 1.807) is 0 Å². The van der Waals surface area contributed by atoms with Crippen molar-refractivity contribution in [2.24, 2.45) is 11.8 Å². The molecule has 0 heterocycles. The highest BCUT2D eigenvalue weighted by molar-refractivity contribution is 6.04. The van der Waals surface area contributed by atoms with Crippen LogP contribution < -0.4 is 0 Å². The first kappa shape index (κ1) is 13.7. The Hall–Kier alpha value is -1.39. The molecule has 1 saturated carbocycles. The molecule has 0 unspecified atom stereocenters. The van der Waals surface area contributed by atoms with Crippen LogP contribution in [0.3, 0.4) is 0 Å². The number of ketones is 1. The summed E-state index contributed by atoms with van der Waals surface area (Å²) in [6.07, 6.45) is 3.11. The molecule has 5 nitrogen and oxygen atoms in total. The summed E-state index contributed by atoms with van der Waals surface area (Å²) in [4.78, 5) is 34.0. The molecular weight excluding hydrogens is 224 g/mol. The number of hydrogen-bond acceptors (Lipinski definition) is 4. The van der Waals surface area contributed by atoms with Gasteiger partial charge >= 0.3 is 11.9 Å². The van der Waals surface area contributed by atoms with Crippen molar-refractivity contribution >= 4 is 17.7 Å². The zero-order valence-electron chi connectivity index (χ0n) is 9.98. The second-order valence-corrected chi connectivity index (χ2v) is 4.30. The second-order valence-electron chi connectivity index (χ2n) is 4.30. The van der Waals surface area contributed by atoms with Crippen LogP contribution in [0.15, 0.2) is 0 Å². The minimum Gasteiger partial charge on any atom is -0.481 e. The third-order valence-corrected chi connectivity index (χ3v) is 3.01. The number of carboxylic acids is 1. The average Bonchev–Trinajstić information content (AvgIpc) is 2.66. The molecule has 1 aliphatic rings. The summed E-state index contributed by atoms with van der Waals surface area (Å²) in [5.41, 5.74) is 0. The monoisotopic (exact) mass is 242 g/mol. The molecule has 1 N–H and O–H groups in total. The minimum absolute atomic E-state index is 0.158. The zero-order valence-corrected chi connectivity index (χ0v) is 9.98. The van der Waals surface area contributed by atoms with E-state index >= 15 is 0 Å². The van der Waals surface area contributed by atoms with Gasteiger partial charge < -0.3 is 9.84 Å². The molecule has 1 rings (SSSR count). The third-order valence-electron chi connectivity index (χ3n) is 3.01. The summed E-state index contributed by atoms with van der Waals surface area (Å²) in [5.74, 6) is -4.06. The Labute approximate surface area is 100 Å². The third kappa shape index (κ3) is 3.54. The van der Waals surface area contributed by atoms with E-state index in [4.69, 9.17) is 9.84 Å². The number of ether oxygens (including phenoxy) is 1. The van der Waals surface area contributed by atoms with Gasteiger partial charge in [-0.2, -0.15) is 0 Å². The molecule has 0 radical (unpaired) electrons. The molecule has 0 amide bonds. The van der Waals surface area contributed by atoms with Gasteiger partial charge in [0.15, 0.2) is 0 Å². The molecule has 0 aromatic heterocycles. The molecule has 0 aromatic rings. The molecule has 0 spiro atoms. The number of aliphatic carboxylic acids is 1. The quantitative estimate of drug-likeness (QED) is 0.432. The number of carbonyl (C=O) groups excluding carboxylic acids is 2. The Balaban J connectivity index is 2.48. The van der Waals surface area contributed by atoms with Crippen molar-refractivity contribution in [3.8, 4) is 0 Å². The fourth-order valence-electron chi connectivity index (χ4n) is 2.02. The van der Waals surface area contributed by atoms with Gasteiger partial charge in [0.25, 0.3) is 0 Å². The van der Waals surface area contributed by atoms with Gasteiger partial charge in [-0.3, -0.25) is 14.4 Å². The number of esters is 1. The van der Waals surface area contributed by atoms with Gasteiger partial charge in [-0.05, 0) is 12.8 Å². The van der Waals surface area contributed by atoms with Crippen LogP contribution in [0.4, 0.5) is 0 Å². The van der Waals surface area contributed by atoms with Crippen LogP contribution in [0.2, 0.25) is 0 Å². The normalized spacial score (nSPS) is 23.7. The Morgan fingerprint density at radius 3 is 2.71 bits per heavy atom. The van der Waals surface area contributed by atoms with Crippen LogP contribution in [0.1, 0.15) is 39.0 Å². The van der Waals surface area contributed by atoms with E-state index in [0.29, 0.717) is 0 Å². The summed E-state index contributed by atoms with van der Waals surface area (Å²) in [7, 11) is 0. The Bertz CT molecular complexity index is 310. The number of carboxylic acid groups (broad SMARTS) is 1. The minimum atomic E-state index is -1.09. The first-order valence-electron chi connectivity index (χ1n) is 6.00. The van der Waals surface area contributed by atoms with E-state index in [9.17, 15) is 14.4 Å². The van der Waals surface area contributed by atoms with E-state index in [1.165, 1.54) is 0 Å². The highest BCUT2D eigenvalue weighted by Gasteiger charge is 2.45. The average molecular weight is 242 g/mol. The first-order valence-corrected chi connectivity index (χ1v) is 6.00. The lowest BCUT2D eigenvalue weighted by atomic mass is 9.96. The molecule has 0 aromatic carbocycles. The predicted molar refractivity (Wildman–Crippen MR) is 59.3 cm³/mol. The lowest BCUT2D eigenvalue weighted by molar-refractivity contribution is -0.158. The van der Waals surface area contributed by atoms with Gasteiger partial charge in [-0.15, -0.1) is 0 Å². The van der Waals surface area contributed by atoms with E-state index in [0.717, 1.165) is 19.3 Å². The van der Waals surface area contributed by atoms with E-state index in [2.05, 4.69) is 0 Å². The SMILES string of the molecule is CCCCCOC(=O)[C@@H]1C(=O)CC[C@H]1C(=O)O. The molecule has 17 heavy (non-hydrogen) atoms. The molecule has 0 aliphatic heterocycles. The summed E-state index contributed by atoms with van der Waals surface area (Å²) in [6, 6.07) is 0. The second kappa shape index (κ2) is 6.37. The van der Waals surface area contributed by atoms with Crippen LogP contribution >= 0.6 is 0 Å². The summed E-state index contributed by atoms with van der Waals surface area (Å²) in [6.45, 7) is 2.30. The van der Waals surface area contributed by atoms with Crippen molar-refractivity contribution in [3.05, 3.63) is 0 Å². The maximum Gasteiger partial charge on any atom is 0.317 e. The first-order chi connectivity index (χ1) is 8.07. The molecule has 1 aliphatic carbocycles. The molecule has 96 valence electrons. The van der Waals surface area contributed by atoms with Gasteiger partial charge in [-0.1, -0.05) is 19.8 Å². The van der Waals surface area contributed by atoms with Gasteiger partial charge in [0, 0.05) is 6.42 Å². The Kier molecular flexibility index (Phi) is 5.12. The van der Waals surface area contributed by atoms with Crippen LogP contribution in [0.5, 0.6) is 0 Å². The molecule has 5 heteroatoms. The fourth-order valence-corrected chi connectivity index (χ4v) is 2.02. The molecule has 0 bridgehead atoms. The lowest BCUT2D eigenvalue weighted by Crippen LogP contribution is -2.31. The van der Waals surface area contributed by atoms with Crippen molar-refractivity contribution < 1.29 is 24.2 Å². The number of unbranched alkanes of at least 4 members (excludes halogenated alkanes) is 2. The maximum atomic E-state index is 11.6. The number of carbonyl (C=O) groups is 3. The van der Waals surface area contributed by atoms with Crippen molar-refractivity contribution in [1.29, 1.82) is 0 Å². The Morgan fingerprint density at radius 2 is 2.12 bits per heavy atom. The largest absolute Gasteiger partial charge is 0.481 e. The summed E-state index contributed by atoms with van der Waals surface area (Å²) in [5, 5.41) is 8.90. The van der Waals surface area contributed by atoms with Crippen molar-refractivity contribution in [2.75, 3.05) is 6.61 Å². The highest BCUT2D eigenvalue weighted by Crippen LogP contribution is 2.30. The highest BCUT2D eigenvalue weighted by atomic mass is 16.5.